The lowest BCUT2D eigenvalue weighted by molar-refractivity contribution is -0.137. The number of aromatic nitrogens is 4. The number of hydrogen-bond donors (Lipinski definition) is 10. The predicted molar refractivity (Wildman–Crippen MR) is 211 cm³/mol. The summed E-state index contributed by atoms with van der Waals surface area (Å²) >= 11 is 0.935. The molecule has 1 fully saturated rings. The molecule has 0 aliphatic carbocycles. The highest BCUT2D eigenvalue weighted by Crippen LogP contribution is 2.61. The van der Waals surface area contributed by atoms with Gasteiger partial charge in [-0.3, -0.25) is 32.5 Å². The number of amides is 2. The normalized spacial score (nSPS) is 20.9. The Hall–Kier alpha value is -3.88. The number of aliphatic hydroxyl groups excluding tert-OH is 2. The second-order valence-corrected chi connectivity index (χ2v) is 18.8. The molecular formula is C31H44N7O19P3S. The van der Waals surface area contributed by atoms with E-state index in [-0.39, 0.29) is 58.9 Å². The molecule has 0 bridgehead atoms. The summed E-state index contributed by atoms with van der Waals surface area (Å²) in [6.07, 6.45) is -4.20. The first-order valence-electron chi connectivity index (χ1n) is 17.5. The molecule has 1 saturated heterocycles. The van der Waals surface area contributed by atoms with E-state index in [1.165, 1.54) is 39.2 Å². The Kier molecular flexibility index (Phi) is 17.1. The Morgan fingerprint density at radius 1 is 1.07 bits per heavy atom. The van der Waals surface area contributed by atoms with Crippen molar-refractivity contribution in [3.05, 3.63) is 42.5 Å². The maximum Gasteiger partial charge on any atom is 0.481 e. The molecule has 7 atom stereocenters. The molecule has 26 nitrogen and oxygen atoms in total. The number of phosphoric ester groups is 3. The van der Waals surface area contributed by atoms with E-state index in [1.54, 1.807) is 12.1 Å². The molecule has 3 heterocycles. The van der Waals surface area contributed by atoms with Crippen LogP contribution in [0.1, 0.15) is 32.1 Å². The van der Waals surface area contributed by atoms with Crippen molar-refractivity contribution in [1.29, 1.82) is 0 Å². The number of hydrogen-bond acceptors (Lipinski definition) is 20. The number of aromatic hydroxyl groups is 1. The van der Waals surface area contributed by atoms with Gasteiger partial charge in [-0.1, -0.05) is 37.8 Å². The SMILES string of the molecule is COc1cc(/C=C/C(=O)SCCNC(=O)CCNC(=O)[C@@H](O)C(C)(C)COP(=O)(O)OP(=O)(O)OC[C@@H]2O[C@H](n3cnc4c(N)ncnc43)C(O)C2OP(=O)(O)O)ccc1O. The smallest absolute Gasteiger partial charge is 0.481 e. The summed E-state index contributed by atoms with van der Waals surface area (Å²) in [4.78, 5) is 88.0. The zero-order valence-electron chi connectivity index (χ0n) is 32.3. The van der Waals surface area contributed by atoms with Crippen molar-refractivity contribution in [3.63, 3.8) is 0 Å². The van der Waals surface area contributed by atoms with E-state index in [9.17, 15) is 63.0 Å². The van der Waals surface area contributed by atoms with Gasteiger partial charge in [0, 0.05) is 30.7 Å². The van der Waals surface area contributed by atoms with Gasteiger partial charge in [0.1, 0.15) is 36.3 Å². The molecule has 2 aromatic heterocycles. The zero-order chi connectivity index (χ0) is 45.3. The van der Waals surface area contributed by atoms with Crippen LogP contribution < -0.4 is 21.1 Å². The molecule has 1 aliphatic rings. The number of ether oxygens (including phenoxy) is 2. The van der Waals surface area contributed by atoms with Crippen LogP contribution in [0, 0.1) is 5.41 Å². The number of phenols is 1. The highest BCUT2D eigenvalue weighted by Gasteiger charge is 2.50. The van der Waals surface area contributed by atoms with Gasteiger partial charge in [-0.05, 0) is 23.8 Å². The number of carbonyl (C=O) groups is 3. The number of fused-ring (bicyclic) bond motifs is 1. The van der Waals surface area contributed by atoms with E-state index >= 15 is 0 Å². The third-order valence-electron chi connectivity index (χ3n) is 8.36. The maximum absolute atomic E-state index is 12.7. The lowest BCUT2D eigenvalue weighted by Gasteiger charge is -2.30. The Balaban J connectivity index is 1.20. The van der Waals surface area contributed by atoms with Crippen LogP contribution in [0.3, 0.4) is 0 Å². The van der Waals surface area contributed by atoms with Crippen LogP contribution in [0.4, 0.5) is 5.82 Å². The molecule has 11 N–H and O–H groups in total. The number of phenolic OH excluding ortho intramolecular Hbond substituents is 1. The van der Waals surface area contributed by atoms with Crippen molar-refractivity contribution in [2.45, 2.75) is 50.9 Å². The van der Waals surface area contributed by atoms with E-state index in [0.29, 0.717) is 5.56 Å². The minimum Gasteiger partial charge on any atom is -0.504 e. The van der Waals surface area contributed by atoms with Gasteiger partial charge in [0.05, 0.1) is 26.7 Å². The number of imidazole rings is 1. The number of carbonyl (C=O) groups excluding carboxylic acids is 3. The summed E-state index contributed by atoms with van der Waals surface area (Å²) < 4.78 is 67.2. The van der Waals surface area contributed by atoms with Gasteiger partial charge in [-0.25, -0.2) is 28.6 Å². The molecular weight excluding hydrogens is 899 g/mol. The van der Waals surface area contributed by atoms with Crippen molar-refractivity contribution < 1.29 is 90.3 Å². The summed E-state index contributed by atoms with van der Waals surface area (Å²) in [5.41, 5.74) is 4.84. The fourth-order valence-corrected chi connectivity index (χ4v) is 8.69. The number of phosphoric acid groups is 3. The number of nitrogens with one attached hydrogen (secondary N) is 2. The Bertz CT molecular complexity index is 2230. The topological polar surface area (TPSA) is 393 Å². The minimum absolute atomic E-state index is 0.0223. The quantitative estimate of drug-likeness (QED) is 0.0362. The van der Waals surface area contributed by atoms with Crippen LogP contribution >= 0.6 is 35.2 Å². The van der Waals surface area contributed by atoms with Crippen molar-refractivity contribution in [2.24, 2.45) is 5.41 Å². The lowest BCUT2D eigenvalue weighted by Crippen LogP contribution is -2.46. The molecule has 1 aromatic carbocycles. The molecule has 0 spiro atoms. The van der Waals surface area contributed by atoms with Gasteiger partial charge < -0.3 is 60.7 Å². The lowest BCUT2D eigenvalue weighted by atomic mass is 9.87. The van der Waals surface area contributed by atoms with Gasteiger partial charge in [0.2, 0.25) is 16.9 Å². The average Bonchev–Trinajstić information content (AvgIpc) is 3.74. The van der Waals surface area contributed by atoms with Gasteiger partial charge >= 0.3 is 23.5 Å². The third-order valence-corrected chi connectivity index (χ3v) is 12.3. The van der Waals surface area contributed by atoms with Crippen LogP contribution in [0.2, 0.25) is 0 Å². The molecule has 338 valence electrons. The van der Waals surface area contributed by atoms with E-state index in [0.717, 1.165) is 29.0 Å². The van der Waals surface area contributed by atoms with Crippen LogP contribution in [-0.2, 0) is 50.7 Å². The largest absolute Gasteiger partial charge is 0.504 e. The molecule has 3 aromatic rings. The van der Waals surface area contributed by atoms with Gasteiger partial charge in [-0.15, -0.1) is 0 Å². The van der Waals surface area contributed by atoms with Crippen LogP contribution in [0.15, 0.2) is 36.9 Å². The summed E-state index contributed by atoms with van der Waals surface area (Å²) in [6.45, 7) is 0.299. The van der Waals surface area contributed by atoms with Gasteiger partial charge in [-0.2, -0.15) is 4.31 Å². The summed E-state index contributed by atoms with van der Waals surface area (Å²) in [7, 11) is -15.1. The molecule has 30 heteroatoms. The highest BCUT2D eigenvalue weighted by atomic mass is 32.2. The molecule has 4 rings (SSSR count). The third kappa shape index (κ3) is 14.6. The van der Waals surface area contributed by atoms with E-state index < -0.39 is 84.6 Å². The molecule has 61 heavy (non-hydrogen) atoms. The standard InChI is InChI=1S/C31H44N7O19P3S/c1-31(2,26(43)29(44)34-9-8-21(40)33-10-11-61-22(41)7-5-17-4-6-18(39)19(12-17)52-3)14-54-60(50,51)57-59(48,49)53-13-20-25(56-58(45,46)47)24(42)30(55-20)38-16-37-23-27(32)35-15-36-28(23)38/h4-7,12,15-16,20,24-26,30,39,42-43H,8-11,13-14H2,1-3H3,(H,33,40)(H,34,44)(H,48,49)(H,50,51)(H2,32,35,36)(H2,45,46,47)/b7-5+/t20-,24?,25?,26+,30-/m0/s1. The first-order valence-corrected chi connectivity index (χ1v) is 23.0. The molecule has 4 unspecified atom stereocenters. The monoisotopic (exact) mass is 943 g/mol. The van der Waals surface area contributed by atoms with Crippen LogP contribution in [-0.4, -0.2) is 135 Å². The molecule has 0 saturated carbocycles. The minimum atomic E-state index is -5.59. The fraction of sp³-hybridized carbons (Fsp3) is 0.484. The number of methoxy groups -OCH3 is 1. The number of anilines is 1. The number of rotatable bonds is 22. The highest BCUT2D eigenvalue weighted by molar-refractivity contribution is 8.14. The summed E-state index contributed by atoms with van der Waals surface area (Å²) in [6, 6.07) is 4.56. The van der Waals surface area contributed by atoms with Crippen molar-refractivity contribution in [3.8, 4) is 11.5 Å². The number of nitrogens with zero attached hydrogens (tertiary/aromatic N) is 4. The van der Waals surface area contributed by atoms with Gasteiger partial charge in [0.15, 0.2) is 29.2 Å². The maximum atomic E-state index is 12.7. The van der Waals surface area contributed by atoms with Crippen molar-refractivity contribution in [2.75, 3.05) is 44.9 Å². The van der Waals surface area contributed by atoms with Crippen molar-refractivity contribution >= 4 is 75.2 Å². The van der Waals surface area contributed by atoms with Crippen LogP contribution in [0.5, 0.6) is 11.5 Å². The first kappa shape index (κ1) is 49.8. The number of nitrogen functional groups attached to an aromatic ring is 1. The Morgan fingerprint density at radius 3 is 2.46 bits per heavy atom. The number of nitrogens with two attached hydrogens (primary N) is 1. The Morgan fingerprint density at radius 2 is 1.77 bits per heavy atom. The Labute approximate surface area is 350 Å². The van der Waals surface area contributed by atoms with E-state index in [2.05, 4.69) is 34.4 Å². The second-order valence-electron chi connectivity index (χ2n) is 13.5. The number of aliphatic hydroxyl groups is 2. The average molecular weight is 944 g/mol. The number of thioether (sulfide) groups is 1. The molecule has 0 radical (unpaired) electrons. The van der Waals surface area contributed by atoms with Crippen molar-refractivity contribution in [1.82, 2.24) is 30.2 Å². The first-order chi connectivity index (χ1) is 28.4. The second kappa shape index (κ2) is 21.0. The van der Waals surface area contributed by atoms with E-state index in [1.807, 2.05) is 0 Å². The zero-order valence-corrected chi connectivity index (χ0v) is 35.8. The predicted octanol–water partition coefficient (Wildman–Crippen LogP) is 0.0923. The van der Waals surface area contributed by atoms with Gasteiger partial charge in [0.25, 0.3) is 0 Å². The van der Waals surface area contributed by atoms with E-state index in [4.69, 9.17) is 24.3 Å². The number of benzene rings is 1. The summed E-state index contributed by atoms with van der Waals surface area (Å²) in [5, 5.41) is 35.7. The summed E-state index contributed by atoms with van der Waals surface area (Å²) in [5.74, 6) is -1.12. The fourth-order valence-electron chi connectivity index (χ4n) is 5.29. The molecule has 1 aliphatic heterocycles. The van der Waals surface area contributed by atoms with Crippen LogP contribution in [0.25, 0.3) is 17.2 Å². The molecule has 2 amide bonds.